The predicted octanol–water partition coefficient (Wildman–Crippen LogP) is 2.68. The average molecular weight is 466 g/mol. The van der Waals surface area contributed by atoms with Gasteiger partial charge in [-0.1, -0.05) is 31.2 Å². The van der Waals surface area contributed by atoms with Crippen molar-refractivity contribution >= 4 is 5.91 Å². The maximum atomic E-state index is 12.7. The van der Waals surface area contributed by atoms with Crippen LogP contribution in [0.3, 0.4) is 0 Å². The molecule has 7 heteroatoms. The summed E-state index contributed by atoms with van der Waals surface area (Å²) >= 11 is 0. The molecule has 0 unspecified atom stereocenters. The lowest BCUT2D eigenvalue weighted by atomic mass is 9.83. The standard InChI is InChI=1S/C27H39N5O2/c1-3-31(2)24-10-8-20(9-11-24)14-23-15-26(30-19-29-23)27(34)28-16-25(33)18-32-13-12-21-6-4-5-7-22(21)17-32/h4-7,15,19-20,24-25,33H,3,8-14,16-18H2,1-2H3,(H,28,34)/t20?,24?,25-/m0/s1. The van der Waals surface area contributed by atoms with Crippen LogP contribution in [0.15, 0.2) is 36.7 Å². The molecular formula is C27H39N5O2. The predicted molar refractivity (Wildman–Crippen MR) is 134 cm³/mol. The molecule has 2 aliphatic rings. The summed E-state index contributed by atoms with van der Waals surface area (Å²) in [7, 11) is 2.21. The lowest BCUT2D eigenvalue weighted by Gasteiger charge is -2.34. The molecule has 2 N–H and O–H groups in total. The van der Waals surface area contributed by atoms with E-state index in [-0.39, 0.29) is 12.5 Å². The number of fused-ring (bicyclic) bond motifs is 1. The van der Waals surface area contributed by atoms with Crippen molar-refractivity contribution in [2.75, 3.05) is 33.2 Å². The molecule has 0 spiro atoms. The van der Waals surface area contributed by atoms with Crippen LogP contribution < -0.4 is 5.32 Å². The van der Waals surface area contributed by atoms with Crippen LogP contribution in [0.25, 0.3) is 0 Å². The molecule has 1 saturated carbocycles. The van der Waals surface area contributed by atoms with E-state index in [2.05, 4.69) is 63.3 Å². The van der Waals surface area contributed by atoms with E-state index in [4.69, 9.17) is 0 Å². The highest BCUT2D eigenvalue weighted by molar-refractivity contribution is 5.92. The minimum Gasteiger partial charge on any atom is -0.390 e. The van der Waals surface area contributed by atoms with Crippen LogP contribution >= 0.6 is 0 Å². The van der Waals surface area contributed by atoms with Crippen molar-refractivity contribution in [3.8, 4) is 0 Å². The van der Waals surface area contributed by atoms with Crippen LogP contribution in [0.2, 0.25) is 0 Å². The number of nitrogens with zero attached hydrogens (tertiary/aromatic N) is 4. The van der Waals surface area contributed by atoms with E-state index in [1.165, 1.54) is 43.1 Å². The Morgan fingerprint density at radius 1 is 1.21 bits per heavy atom. The van der Waals surface area contributed by atoms with Crippen molar-refractivity contribution in [1.29, 1.82) is 0 Å². The molecule has 1 fully saturated rings. The molecule has 0 bridgehead atoms. The second-order valence-corrected chi connectivity index (χ2v) is 9.96. The molecule has 2 heterocycles. The van der Waals surface area contributed by atoms with Crippen molar-refractivity contribution in [1.82, 2.24) is 25.1 Å². The van der Waals surface area contributed by atoms with Crippen LogP contribution in [-0.4, -0.2) is 76.2 Å². The molecule has 0 saturated heterocycles. The van der Waals surface area contributed by atoms with Crippen molar-refractivity contribution < 1.29 is 9.90 Å². The van der Waals surface area contributed by atoms with E-state index in [0.29, 0.717) is 24.2 Å². The fraction of sp³-hybridized carbons (Fsp3) is 0.593. The molecule has 2 aromatic rings. The summed E-state index contributed by atoms with van der Waals surface area (Å²) in [5, 5.41) is 13.4. The van der Waals surface area contributed by atoms with Gasteiger partial charge in [-0.2, -0.15) is 0 Å². The number of amides is 1. The minimum atomic E-state index is -0.619. The van der Waals surface area contributed by atoms with Gasteiger partial charge in [-0.15, -0.1) is 0 Å². The molecule has 4 rings (SSSR count). The highest BCUT2D eigenvalue weighted by Crippen LogP contribution is 2.29. The minimum absolute atomic E-state index is 0.214. The summed E-state index contributed by atoms with van der Waals surface area (Å²) < 4.78 is 0. The Bertz CT molecular complexity index is 944. The lowest BCUT2D eigenvalue weighted by molar-refractivity contribution is 0.0837. The topological polar surface area (TPSA) is 81.6 Å². The zero-order valence-corrected chi connectivity index (χ0v) is 20.6. The van der Waals surface area contributed by atoms with Gasteiger partial charge in [0.25, 0.3) is 5.91 Å². The monoisotopic (exact) mass is 465 g/mol. The van der Waals surface area contributed by atoms with Gasteiger partial charge in [0.1, 0.15) is 12.0 Å². The van der Waals surface area contributed by atoms with Gasteiger partial charge < -0.3 is 15.3 Å². The smallest absolute Gasteiger partial charge is 0.270 e. The maximum Gasteiger partial charge on any atom is 0.270 e. The number of rotatable bonds is 9. The number of carbonyl (C=O) groups excluding carboxylic acids is 1. The third-order valence-corrected chi connectivity index (χ3v) is 7.57. The molecule has 1 aliphatic carbocycles. The van der Waals surface area contributed by atoms with Crippen molar-refractivity contribution in [2.45, 2.75) is 64.1 Å². The summed E-state index contributed by atoms with van der Waals surface area (Å²) in [6.07, 6.45) is 7.62. The van der Waals surface area contributed by atoms with Crippen LogP contribution in [0, 0.1) is 5.92 Å². The maximum absolute atomic E-state index is 12.7. The Balaban J connectivity index is 1.22. The lowest BCUT2D eigenvalue weighted by Crippen LogP contribution is -2.42. The number of aliphatic hydroxyl groups excluding tert-OH is 1. The van der Waals surface area contributed by atoms with Gasteiger partial charge in [-0.25, -0.2) is 9.97 Å². The summed E-state index contributed by atoms with van der Waals surface area (Å²) in [5.74, 6) is 0.365. The molecule has 1 aromatic carbocycles. The number of hydrogen-bond acceptors (Lipinski definition) is 6. The zero-order chi connectivity index (χ0) is 23.9. The number of benzene rings is 1. The molecule has 34 heavy (non-hydrogen) atoms. The van der Waals surface area contributed by atoms with Gasteiger partial charge in [-0.05, 0) is 75.2 Å². The first kappa shape index (κ1) is 24.8. The number of aromatic nitrogens is 2. The molecule has 1 amide bonds. The number of aliphatic hydroxyl groups is 1. The van der Waals surface area contributed by atoms with E-state index in [0.717, 1.165) is 38.2 Å². The molecular weight excluding hydrogens is 426 g/mol. The Hall–Kier alpha value is -2.35. The summed E-state index contributed by atoms with van der Waals surface area (Å²) in [4.78, 5) is 26.0. The van der Waals surface area contributed by atoms with E-state index in [1.807, 2.05) is 6.07 Å². The fourth-order valence-corrected chi connectivity index (χ4v) is 5.35. The molecule has 1 aromatic heterocycles. The molecule has 0 radical (unpaired) electrons. The largest absolute Gasteiger partial charge is 0.390 e. The van der Waals surface area contributed by atoms with Gasteiger partial charge in [0.15, 0.2) is 0 Å². The van der Waals surface area contributed by atoms with Gasteiger partial charge in [0, 0.05) is 37.9 Å². The van der Waals surface area contributed by atoms with Crippen molar-refractivity contribution in [3.63, 3.8) is 0 Å². The van der Waals surface area contributed by atoms with Gasteiger partial charge in [-0.3, -0.25) is 9.69 Å². The first-order valence-electron chi connectivity index (χ1n) is 12.8. The average Bonchev–Trinajstić information content (AvgIpc) is 2.87. The van der Waals surface area contributed by atoms with Gasteiger partial charge >= 0.3 is 0 Å². The Morgan fingerprint density at radius 3 is 2.74 bits per heavy atom. The Labute approximate surface area is 203 Å². The van der Waals surface area contributed by atoms with Crippen LogP contribution in [0.1, 0.15) is 59.9 Å². The first-order chi connectivity index (χ1) is 16.5. The molecule has 184 valence electrons. The number of carbonyl (C=O) groups is 1. The Morgan fingerprint density at radius 2 is 1.97 bits per heavy atom. The quantitative estimate of drug-likeness (QED) is 0.593. The number of nitrogens with one attached hydrogen (secondary N) is 1. The van der Waals surface area contributed by atoms with Crippen LogP contribution in [0.4, 0.5) is 0 Å². The second kappa shape index (κ2) is 11.9. The summed E-state index contributed by atoms with van der Waals surface area (Å²) in [6, 6.07) is 11.0. The zero-order valence-electron chi connectivity index (χ0n) is 20.6. The highest BCUT2D eigenvalue weighted by Gasteiger charge is 2.24. The third kappa shape index (κ3) is 6.62. The van der Waals surface area contributed by atoms with E-state index < -0.39 is 6.10 Å². The van der Waals surface area contributed by atoms with Crippen LogP contribution in [0.5, 0.6) is 0 Å². The van der Waals surface area contributed by atoms with E-state index >= 15 is 0 Å². The van der Waals surface area contributed by atoms with Crippen molar-refractivity contribution in [2.24, 2.45) is 5.92 Å². The SMILES string of the molecule is CCN(C)C1CCC(Cc2cc(C(=O)NC[C@H](O)CN3CCc4ccccc4C3)ncn2)CC1. The van der Waals surface area contributed by atoms with Crippen LogP contribution in [-0.2, 0) is 19.4 Å². The normalized spacial score (nSPS) is 21.8. The molecule has 7 nitrogen and oxygen atoms in total. The summed E-state index contributed by atoms with van der Waals surface area (Å²) in [5.41, 5.74) is 4.02. The van der Waals surface area contributed by atoms with Gasteiger partial charge in [0.2, 0.25) is 0 Å². The second-order valence-electron chi connectivity index (χ2n) is 9.96. The van der Waals surface area contributed by atoms with Crippen molar-refractivity contribution in [3.05, 3.63) is 59.2 Å². The highest BCUT2D eigenvalue weighted by atomic mass is 16.3. The van der Waals surface area contributed by atoms with E-state index in [1.54, 1.807) is 0 Å². The van der Waals surface area contributed by atoms with E-state index in [9.17, 15) is 9.90 Å². The first-order valence-corrected chi connectivity index (χ1v) is 12.8. The fourth-order valence-electron chi connectivity index (χ4n) is 5.35. The molecule has 1 atom stereocenters. The number of β-amino-alcohol motifs (C(OH)–C–C–N with tert-alkyl or cyclic N) is 1. The van der Waals surface area contributed by atoms with Gasteiger partial charge in [0.05, 0.1) is 6.10 Å². The Kier molecular flexibility index (Phi) is 8.64. The molecule has 1 aliphatic heterocycles. The summed E-state index contributed by atoms with van der Waals surface area (Å²) in [6.45, 7) is 5.83. The number of hydrogen-bond donors (Lipinski definition) is 2. The third-order valence-electron chi connectivity index (χ3n) is 7.57.